The van der Waals surface area contributed by atoms with Crippen molar-refractivity contribution in [2.75, 3.05) is 20.1 Å². The normalized spacial score (nSPS) is 25.9. The van der Waals surface area contributed by atoms with Crippen LogP contribution in [0.4, 0.5) is 0 Å². The molecule has 1 saturated heterocycles. The number of carbonyl (C=O) groups is 2. The maximum Gasteiger partial charge on any atom is 0.247 e. The third kappa shape index (κ3) is 2.11. The first-order chi connectivity index (χ1) is 8.26. The minimum atomic E-state index is -0.746. The van der Waals surface area contributed by atoms with Gasteiger partial charge in [0.25, 0.3) is 0 Å². The number of hydrogen-bond donors (Lipinski definition) is 1. The molecule has 0 aromatic rings. The van der Waals surface area contributed by atoms with Gasteiger partial charge in [-0.2, -0.15) is 0 Å². The molecule has 0 aromatic carbocycles. The van der Waals surface area contributed by atoms with Gasteiger partial charge in [0.2, 0.25) is 11.8 Å². The maximum absolute atomic E-state index is 12.3. The fourth-order valence-corrected chi connectivity index (χ4v) is 2.85. The monoisotopic (exact) mass is 253 g/mol. The van der Waals surface area contributed by atoms with Gasteiger partial charge in [0.1, 0.15) is 5.54 Å². The van der Waals surface area contributed by atoms with Crippen molar-refractivity contribution in [1.29, 1.82) is 0 Å². The van der Waals surface area contributed by atoms with E-state index in [1.165, 1.54) is 0 Å². The lowest BCUT2D eigenvalue weighted by atomic mass is 9.75. The Morgan fingerprint density at radius 3 is 2.44 bits per heavy atom. The van der Waals surface area contributed by atoms with E-state index in [9.17, 15) is 9.59 Å². The van der Waals surface area contributed by atoms with Crippen molar-refractivity contribution in [2.24, 2.45) is 5.73 Å². The highest BCUT2D eigenvalue weighted by atomic mass is 16.2. The van der Waals surface area contributed by atoms with E-state index in [1.807, 2.05) is 13.8 Å². The number of piperazine rings is 1. The second-order valence-corrected chi connectivity index (χ2v) is 6.22. The molecule has 1 aliphatic carbocycles. The summed E-state index contributed by atoms with van der Waals surface area (Å²) >= 11 is 0. The molecule has 0 spiro atoms. The second-order valence-electron chi connectivity index (χ2n) is 6.22. The molecule has 1 heterocycles. The van der Waals surface area contributed by atoms with E-state index in [2.05, 4.69) is 0 Å². The van der Waals surface area contributed by atoms with Gasteiger partial charge in [-0.1, -0.05) is 0 Å². The van der Waals surface area contributed by atoms with Crippen LogP contribution in [0.3, 0.4) is 0 Å². The number of rotatable bonds is 2. The minimum absolute atomic E-state index is 0.00165. The molecule has 5 nitrogen and oxygen atoms in total. The molecule has 18 heavy (non-hydrogen) atoms. The first-order valence-electron chi connectivity index (χ1n) is 6.61. The number of carbonyl (C=O) groups excluding carboxylic acids is 2. The smallest absolute Gasteiger partial charge is 0.247 e. The van der Waals surface area contributed by atoms with Gasteiger partial charge in [0, 0.05) is 32.1 Å². The van der Waals surface area contributed by atoms with Crippen LogP contribution < -0.4 is 5.73 Å². The standard InChI is InChI=1S/C13H23N3O2/c1-12(2)11(18)15(3)7-8-16(12)10(17)9-13(14)5-4-6-13/h4-9,14H2,1-3H3. The molecule has 1 aliphatic heterocycles. The lowest BCUT2D eigenvalue weighted by Crippen LogP contribution is -2.65. The fraction of sp³-hybridized carbons (Fsp3) is 0.846. The van der Waals surface area contributed by atoms with Gasteiger partial charge >= 0.3 is 0 Å². The topological polar surface area (TPSA) is 66.6 Å². The minimum Gasteiger partial charge on any atom is -0.342 e. The van der Waals surface area contributed by atoms with Crippen LogP contribution in [0.25, 0.3) is 0 Å². The van der Waals surface area contributed by atoms with Crippen molar-refractivity contribution in [2.45, 2.75) is 50.6 Å². The molecule has 2 amide bonds. The molecular formula is C13H23N3O2. The Balaban J connectivity index is 2.07. The summed E-state index contributed by atoms with van der Waals surface area (Å²) < 4.78 is 0. The Morgan fingerprint density at radius 2 is 1.94 bits per heavy atom. The maximum atomic E-state index is 12.3. The summed E-state index contributed by atoms with van der Waals surface area (Å²) in [4.78, 5) is 27.8. The molecule has 102 valence electrons. The van der Waals surface area contributed by atoms with Crippen LogP contribution in [0.2, 0.25) is 0 Å². The highest BCUT2D eigenvalue weighted by Gasteiger charge is 2.45. The summed E-state index contributed by atoms with van der Waals surface area (Å²) in [5, 5.41) is 0. The van der Waals surface area contributed by atoms with Crippen molar-refractivity contribution < 1.29 is 9.59 Å². The molecule has 0 aromatic heterocycles. The summed E-state index contributed by atoms with van der Waals surface area (Å²) in [5.41, 5.74) is 5.05. The van der Waals surface area contributed by atoms with Crippen LogP contribution in [0.1, 0.15) is 39.5 Å². The molecule has 2 aliphatic rings. The van der Waals surface area contributed by atoms with Gasteiger partial charge in [-0.3, -0.25) is 9.59 Å². The summed E-state index contributed by atoms with van der Waals surface area (Å²) in [6, 6.07) is 0. The highest BCUT2D eigenvalue weighted by molar-refractivity contribution is 5.92. The van der Waals surface area contributed by atoms with E-state index in [-0.39, 0.29) is 17.4 Å². The SMILES string of the molecule is CN1CCN(C(=O)CC2(N)CCC2)C(C)(C)C1=O. The van der Waals surface area contributed by atoms with Gasteiger partial charge in [-0.25, -0.2) is 0 Å². The second kappa shape index (κ2) is 4.23. The van der Waals surface area contributed by atoms with Crippen LogP contribution in [0.5, 0.6) is 0 Å². The number of hydrogen-bond acceptors (Lipinski definition) is 3. The van der Waals surface area contributed by atoms with Crippen molar-refractivity contribution in [3.63, 3.8) is 0 Å². The Morgan fingerprint density at radius 1 is 1.33 bits per heavy atom. The number of likely N-dealkylation sites (N-methyl/N-ethyl adjacent to an activating group) is 1. The third-order valence-electron chi connectivity index (χ3n) is 4.36. The van der Waals surface area contributed by atoms with Crippen LogP contribution in [0.15, 0.2) is 0 Å². The van der Waals surface area contributed by atoms with Gasteiger partial charge in [-0.05, 0) is 33.1 Å². The largest absolute Gasteiger partial charge is 0.342 e. The molecule has 2 rings (SSSR count). The lowest BCUT2D eigenvalue weighted by molar-refractivity contribution is -0.158. The Labute approximate surface area is 108 Å². The average molecular weight is 253 g/mol. The van der Waals surface area contributed by atoms with Gasteiger partial charge in [0.05, 0.1) is 0 Å². The number of nitrogens with zero attached hydrogens (tertiary/aromatic N) is 2. The van der Waals surface area contributed by atoms with Crippen molar-refractivity contribution in [1.82, 2.24) is 9.80 Å². The first-order valence-corrected chi connectivity index (χ1v) is 6.61. The summed E-state index contributed by atoms with van der Waals surface area (Å²) in [5.74, 6) is 0.0189. The van der Waals surface area contributed by atoms with Gasteiger partial charge < -0.3 is 15.5 Å². The summed E-state index contributed by atoms with van der Waals surface area (Å²) in [7, 11) is 1.78. The molecule has 0 radical (unpaired) electrons. The van der Waals surface area contributed by atoms with Crippen LogP contribution >= 0.6 is 0 Å². The molecule has 1 saturated carbocycles. The van der Waals surface area contributed by atoms with Crippen molar-refractivity contribution >= 4 is 11.8 Å². The number of amides is 2. The van der Waals surface area contributed by atoms with E-state index < -0.39 is 5.54 Å². The van der Waals surface area contributed by atoms with Gasteiger partial charge in [-0.15, -0.1) is 0 Å². The van der Waals surface area contributed by atoms with Crippen molar-refractivity contribution in [3.05, 3.63) is 0 Å². The predicted octanol–water partition coefficient (Wildman–Crippen LogP) is 0.337. The van der Waals surface area contributed by atoms with Crippen molar-refractivity contribution in [3.8, 4) is 0 Å². The molecule has 2 N–H and O–H groups in total. The molecule has 0 atom stereocenters. The van der Waals surface area contributed by atoms with E-state index in [0.717, 1.165) is 19.3 Å². The molecule has 5 heteroatoms. The molecule has 0 unspecified atom stereocenters. The van der Waals surface area contributed by atoms with Gasteiger partial charge in [0.15, 0.2) is 0 Å². The van der Waals surface area contributed by atoms with E-state index >= 15 is 0 Å². The predicted molar refractivity (Wildman–Crippen MR) is 68.8 cm³/mol. The zero-order chi connectivity index (χ0) is 13.6. The quantitative estimate of drug-likeness (QED) is 0.771. The van der Waals surface area contributed by atoms with E-state index in [4.69, 9.17) is 5.73 Å². The highest BCUT2D eigenvalue weighted by Crippen LogP contribution is 2.34. The third-order valence-corrected chi connectivity index (χ3v) is 4.36. The molecular weight excluding hydrogens is 230 g/mol. The zero-order valence-electron chi connectivity index (χ0n) is 11.5. The van der Waals surface area contributed by atoms with Crippen LogP contribution in [0, 0.1) is 0 Å². The summed E-state index contributed by atoms with van der Waals surface area (Å²) in [6.07, 6.45) is 3.31. The fourth-order valence-electron chi connectivity index (χ4n) is 2.85. The van der Waals surface area contributed by atoms with E-state index in [1.54, 1.807) is 16.8 Å². The zero-order valence-corrected chi connectivity index (χ0v) is 11.5. The molecule has 2 fully saturated rings. The Hall–Kier alpha value is -1.10. The first kappa shape index (κ1) is 13.3. The van der Waals surface area contributed by atoms with E-state index in [0.29, 0.717) is 19.5 Å². The lowest BCUT2D eigenvalue weighted by Gasteiger charge is -2.47. The number of nitrogens with two attached hydrogens (primary N) is 1. The molecule has 0 bridgehead atoms. The van der Waals surface area contributed by atoms with Crippen LogP contribution in [-0.4, -0.2) is 52.8 Å². The van der Waals surface area contributed by atoms with Crippen LogP contribution in [-0.2, 0) is 9.59 Å². The summed E-state index contributed by atoms with van der Waals surface area (Å²) in [6.45, 7) is 4.83. The average Bonchev–Trinajstić information content (AvgIpc) is 2.23. The Bertz CT molecular complexity index is 374. The Kier molecular flexibility index (Phi) is 3.13.